The Labute approximate surface area is 177 Å². The van der Waals surface area contributed by atoms with Crippen LogP contribution in [0.15, 0.2) is 60.0 Å². The molecule has 0 amide bonds. The van der Waals surface area contributed by atoms with Gasteiger partial charge in [-0.15, -0.1) is 11.8 Å². The molecule has 1 atom stereocenters. The molecule has 3 rings (SSSR count). The highest BCUT2D eigenvalue weighted by Crippen LogP contribution is 2.41. The minimum Gasteiger partial charge on any atom is -0.336 e. The lowest BCUT2D eigenvalue weighted by Crippen LogP contribution is -2.13. The molecule has 3 aromatic rings. The van der Waals surface area contributed by atoms with Crippen LogP contribution in [-0.4, -0.2) is 14.8 Å². The molecule has 1 heterocycles. The van der Waals surface area contributed by atoms with Crippen molar-refractivity contribution in [2.24, 2.45) is 0 Å². The van der Waals surface area contributed by atoms with E-state index < -0.39 is 0 Å². The summed E-state index contributed by atoms with van der Waals surface area (Å²) >= 11 is 26.5. The number of rotatable bonds is 7. The molecule has 2 nitrogen and oxygen atoms in total. The first-order valence-electron chi connectivity index (χ1n) is 8.03. The van der Waals surface area contributed by atoms with Crippen LogP contribution in [0.3, 0.4) is 0 Å². The van der Waals surface area contributed by atoms with Crippen molar-refractivity contribution in [3.8, 4) is 0 Å². The summed E-state index contributed by atoms with van der Waals surface area (Å²) in [5.74, 6) is 0. The van der Waals surface area contributed by atoms with Gasteiger partial charge in [-0.3, -0.25) is 0 Å². The van der Waals surface area contributed by atoms with E-state index in [2.05, 4.69) is 21.7 Å². The summed E-state index contributed by atoms with van der Waals surface area (Å²) in [5, 5.41) is 2.64. The van der Waals surface area contributed by atoms with E-state index in [1.54, 1.807) is 30.1 Å². The molecule has 0 aliphatic carbocycles. The third-order valence-electron chi connectivity index (χ3n) is 3.93. The highest BCUT2D eigenvalue weighted by Gasteiger charge is 2.18. The van der Waals surface area contributed by atoms with Crippen molar-refractivity contribution in [2.75, 3.05) is 0 Å². The van der Waals surface area contributed by atoms with Crippen molar-refractivity contribution in [2.45, 2.75) is 29.5 Å². The monoisotopic (exact) mass is 444 g/mol. The van der Waals surface area contributed by atoms with Crippen molar-refractivity contribution >= 4 is 58.2 Å². The number of imidazole rings is 1. The predicted octanol–water partition coefficient (Wildman–Crippen LogP) is 7.29. The van der Waals surface area contributed by atoms with E-state index in [9.17, 15) is 0 Å². The zero-order chi connectivity index (χ0) is 18.5. The summed E-state index contributed by atoms with van der Waals surface area (Å²) in [4.78, 5) is 4.95. The van der Waals surface area contributed by atoms with E-state index in [0.717, 1.165) is 29.3 Å². The van der Waals surface area contributed by atoms with Crippen LogP contribution >= 0.6 is 58.2 Å². The molecule has 1 aromatic heterocycles. The van der Waals surface area contributed by atoms with Gasteiger partial charge < -0.3 is 4.57 Å². The smallest absolute Gasteiger partial charge is 0.0946 e. The zero-order valence-electron chi connectivity index (χ0n) is 13.7. The van der Waals surface area contributed by atoms with Gasteiger partial charge in [-0.1, -0.05) is 58.5 Å². The number of thioether (sulfide) groups is 1. The molecule has 2 aromatic carbocycles. The van der Waals surface area contributed by atoms with Crippen molar-refractivity contribution in [1.82, 2.24) is 9.55 Å². The van der Waals surface area contributed by atoms with Gasteiger partial charge >= 0.3 is 0 Å². The molecule has 0 aliphatic rings. The molecule has 1 unspecified atom stereocenters. The summed E-state index contributed by atoms with van der Waals surface area (Å²) in [6.45, 7) is 0.803. The standard InChI is InChI=1S/C19H16Cl4N2S/c20-14-4-1-13(2-5-14)3-6-15(11-25-10-9-24-12-25)26-19-17(22)8-7-16(21)18(19)23/h1-2,4-5,7-10,12,15H,3,6,11H2. The third kappa shape index (κ3) is 5.34. The van der Waals surface area contributed by atoms with E-state index >= 15 is 0 Å². The average molecular weight is 446 g/mol. The fourth-order valence-corrected chi connectivity index (χ4v) is 4.77. The first-order valence-corrected chi connectivity index (χ1v) is 10.4. The largest absolute Gasteiger partial charge is 0.336 e. The second-order valence-electron chi connectivity index (χ2n) is 5.84. The van der Waals surface area contributed by atoms with Gasteiger partial charge in [0.25, 0.3) is 0 Å². The van der Waals surface area contributed by atoms with Gasteiger partial charge in [-0.2, -0.15) is 0 Å². The van der Waals surface area contributed by atoms with E-state index in [-0.39, 0.29) is 5.25 Å². The average Bonchev–Trinajstić information content (AvgIpc) is 3.14. The van der Waals surface area contributed by atoms with Gasteiger partial charge in [0, 0.05) is 34.1 Å². The van der Waals surface area contributed by atoms with E-state index in [0.29, 0.717) is 15.1 Å². The van der Waals surface area contributed by atoms with Crippen LogP contribution in [0.2, 0.25) is 20.1 Å². The fraction of sp³-hybridized carbons (Fsp3) is 0.211. The quantitative estimate of drug-likeness (QED) is 0.280. The molecular formula is C19H16Cl4N2S. The Hall–Kier alpha value is -0.840. The molecule has 0 bridgehead atoms. The van der Waals surface area contributed by atoms with Crippen LogP contribution in [0.1, 0.15) is 12.0 Å². The molecular weight excluding hydrogens is 430 g/mol. The summed E-state index contributed by atoms with van der Waals surface area (Å²) in [5.41, 5.74) is 1.24. The number of aryl methyl sites for hydroxylation is 1. The first-order chi connectivity index (χ1) is 12.5. The number of benzene rings is 2. The SMILES string of the molecule is Clc1ccc(CCC(Cn2ccnc2)Sc2c(Cl)ccc(Cl)c2Cl)cc1. The van der Waals surface area contributed by atoms with Crippen LogP contribution in [0.5, 0.6) is 0 Å². The fourth-order valence-electron chi connectivity index (χ4n) is 2.58. The summed E-state index contributed by atoms with van der Waals surface area (Å²) in [6.07, 6.45) is 7.43. The number of hydrogen-bond acceptors (Lipinski definition) is 2. The molecule has 26 heavy (non-hydrogen) atoms. The van der Waals surface area contributed by atoms with Gasteiger partial charge in [-0.05, 0) is 42.7 Å². The van der Waals surface area contributed by atoms with Crippen LogP contribution in [0, 0.1) is 0 Å². The zero-order valence-corrected chi connectivity index (χ0v) is 17.5. The summed E-state index contributed by atoms with van der Waals surface area (Å²) < 4.78 is 2.06. The van der Waals surface area contributed by atoms with Crippen molar-refractivity contribution in [1.29, 1.82) is 0 Å². The van der Waals surface area contributed by atoms with Gasteiger partial charge in [0.2, 0.25) is 0 Å². The van der Waals surface area contributed by atoms with E-state index in [1.807, 2.05) is 24.7 Å². The van der Waals surface area contributed by atoms with Crippen LogP contribution in [0.4, 0.5) is 0 Å². The lowest BCUT2D eigenvalue weighted by Gasteiger charge is -2.19. The van der Waals surface area contributed by atoms with Gasteiger partial charge in [-0.25, -0.2) is 4.98 Å². The molecule has 7 heteroatoms. The van der Waals surface area contributed by atoms with Crippen LogP contribution < -0.4 is 0 Å². The summed E-state index contributed by atoms with van der Waals surface area (Å²) in [6, 6.07) is 11.4. The third-order valence-corrected chi connectivity index (χ3v) is 6.90. The maximum atomic E-state index is 6.39. The Bertz CT molecular complexity index is 851. The van der Waals surface area contributed by atoms with E-state index in [4.69, 9.17) is 46.4 Å². The number of nitrogens with zero attached hydrogens (tertiary/aromatic N) is 2. The van der Waals surface area contributed by atoms with E-state index in [1.165, 1.54) is 5.56 Å². The van der Waals surface area contributed by atoms with Gasteiger partial charge in [0.05, 0.1) is 21.4 Å². The first kappa shape index (κ1) is 19.9. The molecule has 0 spiro atoms. The summed E-state index contributed by atoms with van der Waals surface area (Å²) in [7, 11) is 0. The lowest BCUT2D eigenvalue weighted by atomic mass is 10.1. The Morgan fingerprint density at radius 3 is 2.38 bits per heavy atom. The Kier molecular flexibility index (Phi) is 7.19. The molecule has 0 saturated carbocycles. The molecule has 0 N–H and O–H groups in total. The second kappa shape index (κ2) is 9.38. The van der Waals surface area contributed by atoms with Gasteiger partial charge in [0.1, 0.15) is 0 Å². The Balaban J connectivity index is 1.77. The highest BCUT2D eigenvalue weighted by molar-refractivity contribution is 8.00. The van der Waals surface area contributed by atoms with Crippen LogP contribution in [-0.2, 0) is 13.0 Å². The minimum absolute atomic E-state index is 0.258. The van der Waals surface area contributed by atoms with Crippen molar-refractivity contribution in [3.63, 3.8) is 0 Å². The van der Waals surface area contributed by atoms with Crippen molar-refractivity contribution in [3.05, 3.63) is 80.8 Å². The van der Waals surface area contributed by atoms with Gasteiger partial charge in [0.15, 0.2) is 0 Å². The number of hydrogen-bond donors (Lipinski definition) is 0. The van der Waals surface area contributed by atoms with Crippen molar-refractivity contribution < 1.29 is 0 Å². The Morgan fingerprint density at radius 1 is 0.962 bits per heavy atom. The normalized spacial score (nSPS) is 12.3. The molecule has 0 aliphatic heterocycles. The predicted molar refractivity (Wildman–Crippen MR) is 113 cm³/mol. The van der Waals surface area contributed by atoms with Crippen LogP contribution in [0.25, 0.3) is 0 Å². The maximum absolute atomic E-state index is 6.39. The molecule has 0 radical (unpaired) electrons. The molecule has 0 saturated heterocycles. The Morgan fingerprint density at radius 2 is 1.69 bits per heavy atom. The number of halogens is 4. The highest BCUT2D eigenvalue weighted by atomic mass is 35.5. The number of aromatic nitrogens is 2. The topological polar surface area (TPSA) is 17.8 Å². The molecule has 0 fully saturated rings. The lowest BCUT2D eigenvalue weighted by molar-refractivity contribution is 0.624. The minimum atomic E-state index is 0.258. The maximum Gasteiger partial charge on any atom is 0.0946 e. The molecule has 136 valence electrons. The second-order valence-corrected chi connectivity index (χ2v) is 8.78.